The highest BCUT2D eigenvalue weighted by Gasteiger charge is 2.22. The van der Waals surface area contributed by atoms with Crippen molar-refractivity contribution in [1.82, 2.24) is 0 Å². The van der Waals surface area contributed by atoms with E-state index in [0.29, 0.717) is 12.8 Å². The van der Waals surface area contributed by atoms with Crippen LogP contribution in [0.25, 0.3) is 0 Å². The highest BCUT2D eigenvalue weighted by molar-refractivity contribution is 5.81. The summed E-state index contributed by atoms with van der Waals surface area (Å²) in [6, 6.07) is 4.36. The van der Waals surface area contributed by atoms with Gasteiger partial charge in [-0.15, -0.1) is 0 Å². The minimum atomic E-state index is 0.0196. The normalized spacial score (nSPS) is 14.5. The molecule has 0 radical (unpaired) electrons. The van der Waals surface area contributed by atoms with Gasteiger partial charge in [-0.25, -0.2) is 0 Å². The van der Waals surface area contributed by atoms with Crippen LogP contribution in [-0.4, -0.2) is 12.3 Å². The molecule has 0 spiro atoms. The zero-order valence-corrected chi connectivity index (χ0v) is 12.7. The molecule has 0 saturated carbocycles. The van der Waals surface area contributed by atoms with Gasteiger partial charge in [0.15, 0.2) is 0 Å². The van der Waals surface area contributed by atoms with E-state index in [4.69, 9.17) is 10.5 Å². The van der Waals surface area contributed by atoms with Crippen LogP contribution in [0.4, 0.5) is 0 Å². The summed E-state index contributed by atoms with van der Waals surface area (Å²) in [6.07, 6.45) is 10.4. The molecule has 108 valence electrons. The molecule has 0 heterocycles. The smallest absolute Gasteiger partial charge is 0.0621 e. The first-order chi connectivity index (χ1) is 9.58. The predicted octanol–water partition coefficient (Wildman–Crippen LogP) is 4.58. The second-order valence-corrected chi connectivity index (χ2v) is 5.40. The fraction of sp³-hybridized carbons (Fsp3) is 0.588. The first-order valence-electron chi connectivity index (χ1n) is 7.09. The van der Waals surface area contributed by atoms with E-state index < -0.39 is 0 Å². The van der Waals surface area contributed by atoms with Crippen molar-refractivity contribution in [3.8, 4) is 12.1 Å². The van der Waals surface area contributed by atoms with Crippen molar-refractivity contribution < 1.29 is 0 Å². The average molecular weight is 271 g/mol. The largest absolute Gasteiger partial charge is 0.294 e. The Hall–Kier alpha value is -1.87. The number of hydrogen-bond acceptors (Lipinski definition) is 3. The van der Waals surface area contributed by atoms with Crippen LogP contribution in [0.1, 0.15) is 52.4 Å². The van der Waals surface area contributed by atoms with Gasteiger partial charge in [-0.05, 0) is 38.0 Å². The molecule has 0 fully saturated rings. The Balaban J connectivity index is 4.51. The summed E-state index contributed by atoms with van der Waals surface area (Å²) in [4.78, 5) is 4.64. The van der Waals surface area contributed by atoms with Crippen LogP contribution >= 0.6 is 0 Å². The summed E-state index contributed by atoms with van der Waals surface area (Å²) >= 11 is 0. The molecule has 0 saturated heterocycles. The number of unbranched alkanes of at least 4 members (excludes halogenated alkanes) is 1. The van der Waals surface area contributed by atoms with Crippen molar-refractivity contribution in [1.29, 1.82) is 10.5 Å². The fourth-order valence-electron chi connectivity index (χ4n) is 1.88. The molecule has 0 aliphatic rings. The molecule has 3 heteroatoms. The van der Waals surface area contributed by atoms with Gasteiger partial charge in [-0.1, -0.05) is 31.7 Å². The predicted molar refractivity (Wildman–Crippen MR) is 84.3 cm³/mol. The van der Waals surface area contributed by atoms with Crippen molar-refractivity contribution in [2.45, 2.75) is 52.4 Å². The van der Waals surface area contributed by atoms with Crippen molar-refractivity contribution in [3.05, 3.63) is 24.8 Å². The zero-order chi connectivity index (χ0) is 15.3. The van der Waals surface area contributed by atoms with Gasteiger partial charge in [0.1, 0.15) is 0 Å². The molecular formula is C17H25N3. The lowest BCUT2D eigenvalue weighted by molar-refractivity contribution is 0.317. The van der Waals surface area contributed by atoms with Crippen molar-refractivity contribution >= 4 is 5.71 Å². The maximum absolute atomic E-state index is 8.77. The van der Waals surface area contributed by atoms with Crippen molar-refractivity contribution in [2.75, 3.05) is 6.54 Å². The third-order valence-corrected chi connectivity index (χ3v) is 3.28. The lowest BCUT2D eigenvalue weighted by Gasteiger charge is -2.25. The molecule has 1 unspecified atom stereocenters. The third-order valence-electron chi connectivity index (χ3n) is 3.28. The first kappa shape index (κ1) is 18.1. The van der Waals surface area contributed by atoms with Crippen LogP contribution in [-0.2, 0) is 0 Å². The maximum Gasteiger partial charge on any atom is 0.0621 e. The topological polar surface area (TPSA) is 59.9 Å². The van der Waals surface area contributed by atoms with Crippen LogP contribution < -0.4 is 0 Å². The molecule has 20 heavy (non-hydrogen) atoms. The molecule has 0 aliphatic heterocycles. The van der Waals surface area contributed by atoms with E-state index in [1.54, 1.807) is 6.08 Å². The molecule has 1 atom stereocenters. The maximum atomic E-state index is 8.77. The Kier molecular flexibility index (Phi) is 9.97. The summed E-state index contributed by atoms with van der Waals surface area (Å²) in [5, 5.41) is 17.3. The summed E-state index contributed by atoms with van der Waals surface area (Å²) < 4.78 is 0. The van der Waals surface area contributed by atoms with E-state index in [1.807, 2.05) is 13.0 Å². The highest BCUT2D eigenvalue weighted by atomic mass is 14.8. The standard InChI is InChI=1S/C17H25N3/c1-4-5-7-11-17(3,12-9-14-19)15-20-16(2)10-6-8-13-18/h4-5,7H,1,6,8-12,15H2,2-3H3/b7-5-,20-16+. The van der Waals surface area contributed by atoms with Crippen LogP contribution in [0.5, 0.6) is 0 Å². The number of nitriles is 2. The lowest BCUT2D eigenvalue weighted by atomic mass is 9.82. The van der Waals surface area contributed by atoms with Gasteiger partial charge in [0, 0.05) is 25.1 Å². The van der Waals surface area contributed by atoms with Gasteiger partial charge in [-0.2, -0.15) is 10.5 Å². The van der Waals surface area contributed by atoms with Gasteiger partial charge in [0.2, 0.25) is 0 Å². The minimum absolute atomic E-state index is 0.0196. The SMILES string of the molecule is C=C/C=C\CC(C)(CCC#N)C/N=C(\C)CCCC#N. The second kappa shape index (κ2) is 11.0. The van der Waals surface area contributed by atoms with E-state index in [0.717, 1.165) is 37.9 Å². The molecule has 0 bridgehead atoms. The van der Waals surface area contributed by atoms with Crippen molar-refractivity contribution in [3.63, 3.8) is 0 Å². The molecule has 3 nitrogen and oxygen atoms in total. The number of hydrogen-bond donors (Lipinski definition) is 0. The van der Waals surface area contributed by atoms with Gasteiger partial charge >= 0.3 is 0 Å². The Morgan fingerprint density at radius 2 is 2.00 bits per heavy atom. The Bertz CT molecular complexity index is 420. The van der Waals surface area contributed by atoms with Crippen LogP contribution in [0.2, 0.25) is 0 Å². The number of rotatable bonds is 10. The van der Waals surface area contributed by atoms with E-state index in [-0.39, 0.29) is 5.41 Å². The third kappa shape index (κ3) is 9.11. The summed E-state index contributed by atoms with van der Waals surface area (Å²) in [6.45, 7) is 8.58. The monoisotopic (exact) mass is 271 g/mol. The molecular weight excluding hydrogens is 246 g/mol. The second-order valence-electron chi connectivity index (χ2n) is 5.40. The van der Waals surface area contributed by atoms with Crippen LogP contribution in [0, 0.1) is 28.1 Å². The van der Waals surface area contributed by atoms with E-state index in [2.05, 4.69) is 36.7 Å². The molecule has 0 amide bonds. The van der Waals surface area contributed by atoms with Gasteiger partial charge < -0.3 is 0 Å². The Morgan fingerprint density at radius 1 is 1.30 bits per heavy atom. The van der Waals surface area contributed by atoms with Gasteiger partial charge in [0.25, 0.3) is 0 Å². The summed E-state index contributed by atoms with van der Waals surface area (Å²) in [5.74, 6) is 0. The summed E-state index contributed by atoms with van der Waals surface area (Å²) in [5.41, 5.74) is 1.11. The molecule has 0 aliphatic carbocycles. The number of aliphatic imine (C=N–C) groups is 1. The average Bonchev–Trinajstić information content (AvgIpc) is 2.44. The van der Waals surface area contributed by atoms with Crippen LogP contribution in [0.3, 0.4) is 0 Å². The van der Waals surface area contributed by atoms with Gasteiger partial charge in [-0.3, -0.25) is 4.99 Å². The van der Waals surface area contributed by atoms with Crippen molar-refractivity contribution in [2.24, 2.45) is 10.4 Å². The quantitative estimate of drug-likeness (QED) is 0.331. The van der Waals surface area contributed by atoms with Crippen LogP contribution in [0.15, 0.2) is 29.8 Å². The molecule has 0 N–H and O–H groups in total. The minimum Gasteiger partial charge on any atom is -0.294 e. The zero-order valence-electron chi connectivity index (χ0n) is 12.7. The first-order valence-corrected chi connectivity index (χ1v) is 7.09. The number of allylic oxidation sites excluding steroid dienone is 3. The highest BCUT2D eigenvalue weighted by Crippen LogP contribution is 2.28. The summed E-state index contributed by atoms with van der Waals surface area (Å²) in [7, 11) is 0. The molecule has 0 rings (SSSR count). The molecule has 0 aromatic heterocycles. The van der Waals surface area contributed by atoms with E-state index >= 15 is 0 Å². The molecule has 0 aromatic rings. The molecule has 0 aromatic carbocycles. The fourth-order valence-corrected chi connectivity index (χ4v) is 1.88. The van der Waals surface area contributed by atoms with E-state index in [9.17, 15) is 0 Å². The number of nitrogens with zero attached hydrogens (tertiary/aromatic N) is 3. The Labute approximate surface area is 123 Å². The van der Waals surface area contributed by atoms with Gasteiger partial charge in [0.05, 0.1) is 12.1 Å². The van der Waals surface area contributed by atoms with E-state index in [1.165, 1.54) is 0 Å². The Morgan fingerprint density at radius 3 is 2.60 bits per heavy atom. The lowest BCUT2D eigenvalue weighted by Crippen LogP contribution is -2.20.